The summed E-state index contributed by atoms with van der Waals surface area (Å²) in [6.07, 6.45) is 3.29. The zero-order valence-corrected chi connectivity index (χ0v) is 12.9. The van der Waals surface area contributed by atoms with Crippen LogP contribution in [0.5, 0.6) is 0 Å². The molecule has 0 radical (unpaired) electrons. The highest BCUT2D eigenvalue weighted by molar-refractivity contribution is 7.89. The summed E-state index contributed by atoms with van der Waals surface area (Å²) in [7, 11) is -1.69. The fourth-order valence-electron chi connectivity index (χ4n) is 1.88. The van der Waals surface area contributed by atoms with Crippen molar-refractivity contribution in [3.05, 3.63) is 59.9 Å². The number of rotatable bonds is 6. The van der Waals surface area contributed by atoms with Crippen LogP contribution in [0.2, 0.25) is 0 Å². The Kier molecular flexibility index (Phi) is 5.06. The first-order valence-electron chi connectivity index (χ1n) is 6.69. The largest absolute Gasteiger partial charge is 0.313 e. The Hall–Kier alpha value is -1.76. The Balaban J connectivity index is 2.16. The fourth-order valence-corrected chi connectivity index (χ4v) is 2.95. The number of sulfonamides is 1. The maximum atomic E-state index is 12.3. The minimum atomic E-state index is -3.53. The molecule has 21 heavy (non-hydrogen) atoms. The Morgan fingerprint density at radius 2 is 2.05 bits per heavy atom. The normalized spacial score (nSPS) is 13.0. The van der Waals surface area contributed by atoms with Crippen molar-refractivity contribution in [1.82, 2.24) is 15.0 Å². The van der Waals surface area contributed by atoms with E-state index in [4.69, 9.17) is 0 Å². The molecule has 2 N–H and O–H groups in total. The molecule has 1 aromatic carbocycles. The molecule has 1 heterocycles. The minimum absolute atomic E-state index is 0.0958. The third-order valence-electron chi connectivity index (χ3n) is 3.29. The van der Waals surface area contributed by atoms with Crippen molar-refractivity contribution in [1.29, 1.82) is 0 Å². The molecule has 1 aromatic heterocycles. The molecule has 0 spiro atoms. The van der Waals surface area contributed by atoms with Crippen LogP contribution in [0.1, 0.15) is 24.1 Å². The Morgan fingerprint density at radius 3 is 2.71 bits per heavy atom. The summed E-state index contributed by atoms with van der Waals surface area (Å²) < 4.78 is 27.2. The second kappa shape index (κ2) is 6.80. The number of aromatic nitrogens is 1. The third kappa shape index (κ3) is 4.10. The number of benzene rings is 1. The topological polar surface area (TPSA) is 71.1 Å². The number of hydrogen-bond donors (Lipinski definition) is 2. The van der Waals surface area contributed by atoms with Crippen LogP contribution < -0.4 is 10.0 Å². The molecule has 0 saturated heterocycles. The van der Waals surface area contributed by atoms with Crippen LogP contribution in [0.15, 0.2) is 53.7 Å². The molecule has 0 fully saturated rings. The molecule has 6 heteroatoms. The molecule has 1 unspecified atom stereocenters. The van der Waals surface area contributed by atoms with Crippen LogP contribution in [0.4, 0.5) is 0 Å². The second-order valence-electron chi connectivity index (χ2n) is 4.77. The first-order chi connectivity index (χ1) is 10.0. The molecule has 2 rings (SSSR count). The molecule has 112 valence electrons. The van der Waals surface area contributed by atoms with Gasteiger partial charge in [0, 0.05) is 25.0 Å². The summed E-state index contributed by atoms with van der Waals surface area (Å²) in [6.45, 7) is 2.21. The van der Waals surface area contributed by atoms with Crippen molar-refractivity contribution in [3.63, 3.8) is 0 Å². The van der Waals surface area contributed by atoms with E-state index in [1.807, 2.05) is 26.1 Å². The van der Waals surface area contributed by atoms with Gasteiger partial charge < -0.3 is 5.32 Å². The predicted molar refractivity (Wildman–Crippen MR) is 82.2 cm³/mol. The van der Waals surface area contributed by atoms with Gasteiger partial charge in [-0.25, -0.2) is 13.1 Å². The molecule has 0 aliphatic rings. The van der Waals surface area contributed by atoms with Crippen molar-refractivity contribution in [2.24, 2.45) is 0 Å². The SMILES string of the molecule is CNC(C)c1cccc(S(=O)(=O)NCc2cccnc2)c1. The van der Waals surface area contributed by atoms with E-state index in [-0.39, 0.29) is 17.5 Å². The molecular weight excluding hydrogens is 286 g/mol. The summed E-state index contributed by atoms with van der Waals surface area (Å²) in [6, 6.07) is 10.6. The second-order valence-corrected chi connectivity index (χ2v) is 6.54. The standard InChI is InChI=1S/C15H19N3O2S/c1-12(16-2)14-6-3-7-15(9-14)21(19,20)18-11-13-5-4-8-17-10-13/h3-10,12,16,18H,11H2,1-2H3. The lowest BCUT2D eigenvalue weighted by molar-refractivity contribution is 0.580. The van der Waals surface area contributed by atoms with E-state index in [1.165, 1.54) is 0 Å². The molecule has 0 aliphatic carbocycles. The Bertz CT molecular complexity index is 687. The van der Waals surface area contributed by atoms with E-state index in [0.717, 1.165) is 11.1 Å². The summed E-state index contributed by atoms with van der Waals surface area (Å²) in [4.78, 5) is 4.23. The number of pyridine rings is 1. The van der Waals surface area contributed by atoms with Crippen molar-refractivity contribution in [3.8, 4) is 0 Å². The maximum Gasteiger partial charge on any atom is 0.240 e. The number of nitrogens with one attached hydrogen (secondary N) is 2. The first kappa shape index (κ1) is 15.6. The molecular formula is C15H19N3O2S. The number of nitrogens with zero attached hydrogens (tertiary/aromatic N) is 1. The summed E-state index contributed by atoms with van der Waals surface area (Å²) >= 11 is 0. The Labute approximate surface area is 125 Å². The minimum Gasteiger partial charge on any atom is -0.313 e. The van der Waals surface area contributed by atoms with E-state index in [1.54, 1.807) is 36.7 Å². The predicted octanol–water partition coefficient (Wildman–Crippen LogP) is 1.84. The zero-order valence-electron chi connectivity index (χ0n) is 12.1. The summed E-state index contributed by atoms with van der Waals surface area (Å²) in [5, 5.41) is 3.09. The van der Waals surface area contributed by atoms with Crippen LogP contribution in [-0.4, -0.2) is 20.4 Å². The molecule has 1 atom stereocenters. The smallest absolute Gasteiger partial charge is 0.240 e. The van der Waals surface area contributed by atoms with Gasteiger partial charge in [-0.05, 0) is 43.3 Å². The van der Waals surface area contributed by atoms with Gasteiger partial charge in [0.15, 0.2) is 0 Å². The van der Waals surface area contributed by atoms with Crippen LogP contribution in [0, 0.1) is 0 Å². The highest BCUT2D eigenvalue weighted by Crippen LogP contribution is 2.17. The summed E-state index contributed by atoms with van der Waals surface area (Å²) in [5.41, 5.74) is 1.75. The summed E-state index contributed by atoms with van der Waals surface area (Å²) in [5.74, 6) is 0. The van der Waals surface area contributed by atoms with Gasteiger partial charge in [-0.1, -0.05) is 18.2 Å². The van der Waals surface area contributed by atoms with E-state index in [9.17, 15) is 8.42 Å². The molecule has 5 nitrogen and oxygen atoms in total. The van der Waals surface area contributed by atoms with Gasteiger partial charge in [0.1, 0.15) is 0 Å². The maximum absolute atomic E-state index is 12.3. The van der Waals surface area contributed by atoms with Gasteiger partial charge in [-0.15, -0.1) is 0 Å². The highest BCUT2D eigenvalue weighted by Gasteiger charge is 2.15. The van der Waals surface area contributed by atoms with E-state index in [0.29, 0.717) is 0 Å². The van der Waals surface area contributed by atoms with Crippen molar-refractivity contribution in [2.75, 3.05) is 7.05 Å². The molecule has 0 aliphatic heterocycles. The zero-order chi connectivity index (χ0) is 15.3. The van der Waals surface area contributed by atoms with Crippen LogP contribution in [0.3, 0.4) is 0 Å². The Morgan fingerprint density at radius 1 is 1.24 bits per heavy atom. The quantitative estimate of drug-likeness (QED) is 0.854. The van der Waals surface area contributed by atoms with Crippen molar-refractivity contribution < 1.29 is 8.42 Å². The average molecular weight is 305 g/mol. The molecule has 0 bridgehead atoms. The average Bonchev–Trinajstić information content (AvgIpc) is 2.53. The first-order valence-corrected chi connectivity index (χ1v) is 8.17. The lowest BCUT2D eigenvalue weighted by atomic mass is 10.1. The lowest BCUT2D eigenvalue weighted by Crippen LogP contribution is -2.23. The fraction of sp³-hybridized carbons (Fsp3) is 0.267. The van der Waals surface area contributed by atoms with Gasteiger partial charge >= 0.3 is 0 Å². The van der Waals surface area contributed by atoms with Gasteiger partial charge in [-0.3, -0.25) is 4.98 Å². The third-order valence-corrected chi connectivity index (χ3v) is 4.69. The van der Waals surface area contributed by atoms with Gasteiger partial charge in [-0.2, -0.15) is 0 Å². The van der Waals surface area contributed by atoms with Gasteiger partial charge in [0.25, 0.3) is 0 Å². The van der Waals surface area contributed by atoms with Crippen LogP contribution in [0.25, 0.3) is 0 Å². The van der Waals surface area contributed by atoms with Crippen LogP contribution >= 0.6 is 0 Å². The van der Waals surface area contributed by atoms with Gasteiger partial charge in [0.2, 0.25) is 10.0 Å². The lowest BCUT2D eigenvalue weighted by Gasteiger charge is -2.12. The van der Waals surface area contributed by atoms with E-state index in [2.05, 4.69) is 15.0 Å². The molecule has 0 saturated carbocycles. The molecule has 0 amide bonds. The van der Waals surface area contributed by atoms with Crippen molar-refractivity contribution in [2.45, 2.75) is 24.4 Å². The van der Waals surface area contributed by atoms with E-state index < -0.39 is 10.0 Å². The molecule has 2 aromatic rings. The van der Waals surface area contributed by atoms with E-state index >= 15 is 0 Å². The van der Waals surface area contributed by atoms with Crippen LogP contribution in [-0.2, 0) is 16.6 Å². The highest BCUT2D eigenvalue weighted by atomic mass is 32.2. The van der Waals surface area contributed by atoms with Gasteiger partial charge in [0.05, 0.1) is 4.90 Å². The monoisotopic (exact) mass is 305 g/mol. The number of hydrogen-bond acceptors (Lipinski definition) is 4. The van der Waals surface area contributed by atoms with Crippen molar-refractivity contribution >= 4 is 10.0 Å².